The van der Waals surface area contributed by atoms with Crippen molar-refractivity contribution in [2.24, 2.45) is 0 Å². The van der Waals surface area contributed by atoms with E-state index in [1.54, 1.807) is 22.0 Å². The molecular formula is C2H13I2P3S2. The molecule has 0 amide bonds. The highest BCUT2D eigenvalue weighted by molar-refractivity contribution is 15.0. The summed E-state index contributed by atoms with van der Waals surface area (Å²) in [4.78, 5) is 0. The lowest BCUT2D eigenvalue weighted by molar-refractivity contribution is 2.50. The van der Waals surface area contributed by atoms with Gasteiger partial charge in [0.05, 0.1) is 0 Å². The van der Waals surface area contributed by atoms with Crippen LogP contribution in [0.4, 0.5) is 0 Å². The van der Waals surface area contributed by atoms with Gasteiger partial charge in [-0.25, -0.2) is 0 Å². The van der Waals surface area contributed by atoms with E-state index < -0.39 is 0 Å². The number of rotatable bonds is 2. The summed E-state index contributed by atoms with van der Waals surface area (Å²) in [5.74, 6) is 0. The minimum atomic E-state index is 0. The van der Waals surface area contributed by atoms with E-state index in [0.717, 1.165) is 6.98 Å². The van der Waals surface area contributed by atoms with Crippen LogP contribution in [-0.2, 0) is 0 Å². The van der Waals surface area contributed by atoms with Crippen molar-refractivity contribution in [1.29, 1.82) is 0 Å². The van der Waals surface area contributed by atoms with Crippen molar-refractivity contribution in [3.8, 4) is 0 Å². The molecule has 0 rings (SSSR count). The first-order valence-corrected chi connectivity index (χ1v) is 14.3. The van der Waals surface area contributed by atoms with Crippen LogP contribution in [0, 0.1) is 0 Å². The van der Waals surface area contributed by atoms with Crippen LogP contribution in [0.5, 0.6) is 0 Å². The summed E-state index contributed by atoms with van der Waals surface area (Å²) in [6.07, 6.45) is 0. The molecule has 2 atom stereocenters. The zero-order valence-corrected chi connectivity index (χ0v) is 12.5. The summed E-state index contributed by atoms with van der Waals surface area (Å²) in [5, 5.41) is 0. The van der Waals surface area contributed by atoms with Crippen LogP contribution in [0.2, 0.25) is 0 Å². The molecular weight excluding hydrogens is 435 g/mol. The summed E-state index contributed by atoms with van der Waals surface area (Å²) in [6.45, 7) is 0.957. The van der Waals surface area contributed by atoms with Crippen molar-refractivity contribution in [3.05, 3.63) is 0 Å². The highest BCUT2D eigenvalue weighted by Gasteiger charge is 1.67. The molecule has 9 heavy (non-hydrogen) atoms. The second-order valence-electron chi connectivity index (χ2n) is 0.319. The van der Waals surface area contributed by atoms with Gasteiger partial charge in [0.15, 0.2) is 0 Å². The molecule has 0 N–H and O–H groups in total. The van der Waals surface area contributed by atoms with E-state index in [4.69, 9.17) is 0 Å². The molecule has 62 valence electrons. The van der Waals surface area contributed by atoms with Crippen LogP contribution in [0.15, 0.2) is 0 Å². The lowest BCUT2D eigenvalue weighted by atomic mass is 12.0. The quantitative estimate of drug-likeness (QED) is 0.400. The van der Waals surface area contributed by atoms with Gasteiger partial charge in [0, 0.05) is 44.2 Å². The van der Waals surface area contributed by atoms with E-state index >= 15 is 0 Å². The summed E-state index contributed by atoms with van der Waals surface area (Å²) in [7, 11) is 5.19. The van der Waals surface area contributed by atoms with Crippen LogP contribution in [0.3, 0.4) is 0 Å². The first-order valence-electron chi connectivity index (χ1n) is 1.02. The van der Waals surface area contributed by atoms with Crippen LogP contribution in [0.25, 0.3) is 0 Å². The molecule has 0 aliphatic rings. The number of hydrogen-bond acceptors (Lipinski definition) is 2. The summed E-state index contributed by atoms with van der Waals surface area (Å²) < 4.78 is 0. The Morgan fingerprint density at radius 2 is 1.22 bits per heavy atom. The van der Waals surface area contributed by atoms with Crippen molar-refractivity contribution in [1.82, 2.24) is 0 Å². The molecule has 0 spiro atoms. The van der Waals surface area contributed by atoms with E-state index in [2.05, 4.69) is 54.1 Å². The fraction of sp³-hybridized carbons (Fsp3) is 1.00. The molecule has 0 saturated carbocycles. The minimum absolute atomic E-state index is 0. The fourth-order valence-electron chi connectivity index (χ4n) is 0.0278. The third-order valence-corrected chi connectivity index (χ3v) is 7.79. The predicted molar refractivity (Wildman–Crippen MR) is 84.4 cm³/mol. The predicted octanol–water partition coefficient (Wildman–Crippen LogP) is 5.59. The minimum Gasteiger partial charge on any atom is -0.105 e. The Hall–Kier alpha value is 3.45. The van der Waals surface area contributed by atoms with Crippen LogP contribution < -0.4 is 0 Å². The monoisotopic (exact) mass is 448 g/mol. The molecule has 0 aromatic rings. The van der Waals surface area contributed by atoms with E-state index in [0.29, 0.717) is 0 Å². The second kappa shape index (κ2) is 30.1. The standard InChI is InChI=1S/2CH4.I2.H5P3S2/c;;1-2;1-4-3-5-2/h2*1H4;;3H,1-2H2. The Morgan fingerprint density at radius 3 is 1.22 bits per heavy atom. The van der Waals surface area contributed by atoms with Gasteiger partial charge in [-0.1, -0.05) is 31.7 Å². The van der Waals surface area contributed by atoms with Crippen LogP contribution >= 0.6 is 83.1 Å². The Labute approximate surface area is 96.5 Å². The third-order valence-electron chi connectivity index (χ3n) is 0.0962. The highest BCUT2D eigenvalue weighted by atomic mass is 128. The van der Waals surface area contributed by atoms with Crippen molar-refractivity contribution in [2.75, 3.05) is 0 Å². The zero-order valence-electron chi connectivity index (χ0n) is 3.23. The van der Waals surface area contributed by atoms with Gasteiger partial charge in [-0.15, -0.1) is 22.0 Å². The van der Waals surface area contributed by atoms with Gasteiger partial charge in [0.1, 0.15) is 0 Å². The van der Waals surface area contributed by atoms with E-state index in [1.165, 1.54) is 0 Å². The largest absolute Gasteiger partial charge is 0.105 e. The molecule has 2 unspecified atom stereocenters. The topological polar surface area (TPSA) is 0 Å². The summed E-state index contributed by atoms with van der Waals surface area (Å²) in [6, 6.07) is 0. The SMILES string of the molecule is C.C.II.PSPSP. The smallest absolute Gasteiger partial charge is 0.00626 e. The molecule has 0 bridgehead atoms. The molecule has 0 fully saturated rings. The van der Waals surface area contributed by atoms with Crippen LogP contribution in [-0.4, -0.2) is 0 Å². The Balaban J connectivity index is -0.0000000286. The Morgan fingerprint density at radius 1 is 1.00 bits per heavy atom. The van der Waals surface area contributed by atoms with E-state index in [9.17, 15) is 0 Å². The molecule has 0 aliphatic heterocycles. The van der Waals surface area contributed by atoms with Gasteiger partial charge < -0.3 is 0 Å². The van der Waals surface area contributed by atoms with Crippen molar-refractivity contribution >= 4 is 83.1 Å². The van der Waals surface area contributed by atoms with Crippen molar-refractivity contribution < 1.29 is 0 Å². The molecule has 0 nitrogen and oxygen atoms in total. The van der Waals surface area contributed by atoms with Crippen molar-refractivity contribution in [3.63, 3.8) is 0 Å². The number of halogens is 2. The van der Waals surface area contributed by atoms with Crippen molar-refractivity contribution in [2.45, 2.75) is 14.9 Å². The number of hydrogen-bond donors (Lipinski definition) is 0. The van der Waals surface area contributed by atoms with Crippen LogP contribution in [0.1, 0.15) is 14.9 Å². The van der Waals surface area contributed by atoms with Gasteiger partial charge in [-0.2, -0.15) is 0 Å². The maximum absolute atomic E-state index is 2.59. The molecule has 0 heterocycles. The molecule has 0 aromatic heterocycles. The third kappa shape index (κ3) is 34.4. The normalized spacial score (nSPS) is 5.33. The molecule has 0 aliphatic carbocycles. The Bertz CT molecular complexity index is 25.3. The average molecular weight is 448 g/mol. The van der Waals surface area contributed by atoms with Gasteiger partial charge >= 0.3 is 0 Å². The second-order valence-corrected chi connectivity index (χ2v) is 8.61. The highest BCUT2D eigenvalue weighted by Crippen LogP contribution is 2.49. The maximum atomic E-state index is 2.59. The average Bonchev–Trinajstić information content (AvgIpc) is 1.75. The van der Waals surface area contributed by atoms with Gasteiger partial charge in [-0.05, 0) is 0 Å². The van der Waals surface area contributed by atoms with Gasteiger partial charge in [0.2, 0.25) is 0 Å². The lowest BCUT2D eigenvalue weighted by Gasteiger charge is -1.79. The molecule has 0 radical (unpaired) electrons. The van der Waals surface area contributed by atoms with Gasteiger partial charge in [-0.3, -0.25) is 0 Å². The fourth-order valence-corrected chi connectivity index (χ4v) is 6.75. The molecule has 0 aromatic carbocycles. The Kier molecular flexibility index (Phi) is 76.3. The molecule has 7 heteroatoms. The lowest BCUT2D eigenvalue weighted by Crippen LogP contribution is -0.980. The zero-order chi connectivity index (χ0) is 6.12. The maximum Gasteiger partial charge on any atom is 0.00626 e. The first kappa shape index (κ1) is 22.9. The van der Waals surface area contributed by atoms with Gasteiger partial charge in [0.25, 0.3) is 0 Å². The summed E-state index contributed by atoms with van der Waals surface area (Å²) in [5.41, 5.74) is 0. The summed E-state index contributed by atoms with van der Waals surface area (Å²) >= 11 is 7.82. The molecule has 0 saturated heterocycles. The van der Waals surface area contributed by atoms with E-state index in [-0.39, 0.29) is 14.9 Å². The first-order chi connectivity index (χ1) is 3.41. The van der Waals surface area contributed by atoms with E-state index in [1.807, 2.05) is 0 Å².